The molecule has 2 aromatic rings. The minimum Gasteiger partial charge on any atom is -0.494 e. The zero-order chi connectivity index (χ0) is 15.7. The third kappa shape index (κ3) is 2.46. The number of aromatic hydroxyl groups is 1. The van der Waals surface area contributed by atoms with Crippen LogP contribution in [0.25, 0.3) is 0 Å². The monoisotopic (exact) mass is 316 g/mol. The van der Waals surface area contributed by atoms with E-state index in [9.17, 15) is 20.0 Å². The Labute approximate surface area is 128 Å². The number of nitriles is 1. The van der Waals surface area contributed by atoms with Crippen molar-refractivity contribution in [1.29, 1.82) is 5.26 Å². The third-order valence-corrected chi connectivity index (χ3v) is 4.73. The average molecular weight is 316 g/mol. The molecule has 3 N–H and O–H groups in total. The smallest absolute Gasteiger partial charge is 0.328 e. The number of thiophene rings is 1. The molecular formula is C14H12N4O3S. The SMILES string of the molecule is N#Cc1c(/N=C/c2c(O)[nH]c(=O)[nH]c2=O)sc2c1CCCC2. The molecule has 0 saturated carbocycles. The first-order chi connectivity index (χ1) is 10.6. The quantitative estimate of drug-likeness (QED) is 0.723. The van der Waals surface area contributed by atoms with Gasteiger partial charge in [-0.25, -0.2) is 9.79 Å². The van der Waals surface area contributed by atoms with Crippen molar-refractivity contribution in [2.24, 2.45) is 4.99 Å². The first-order valence-corrected chi connectivity index (χ1v) is 7.56. The molecule has 0 aromatic carbocycles. The molecule has 0 aliphatic heterocycles. The van der Waals surface area contributed by atoms with E-state index in [0.717, 1.165) is 36.1 Å². The number of nitrogens with zero attached hydrogens (tertiary/aromatic N) is 2. The number of H-pyrrole nitrogens is 2. The van der Waals surface area contributed by atoms with Gasteiger partial charge in [-0.3, -0.25) is 14.8 Å². The molecule has 22 heavy (non-hydrogen) atoms. The predicted molar refractivity (Wildman–Crippen MR) is 82.3 cm³/mol. The molecule has 0 saturated heterocycles. The Hall–Kier alpha value is -2.66. The van der Waals surface area contributed by atoms with Gasteiger partial charge in [-0.15, -0.1) is 11.3 Å². The van der Waals surface area contributed by atoms with Crippen molar-refractivity contribution in [2.75, 3.05) is 0 Å². The van der Waals surface area contributed by atoms with Crippen molar-refractivity contribution in [3.05, 3.63) is 42.4 Å². The van der Waals surface area contributed by atoms with Gasteiger partial charge in [-0.05, 0) is 31.2 Å². The molecule has 0 atom stereocenters. The maximum absolute atomic E-state index is 11.6. The second-order valence-electron chi connectivity index (χ2n) is 4.93. The van der Waals surface area contributed by atoms with Crippen LogP contribution in [0.4, 0.5) is 5.00 Å². The lowest BCUT2D eigenvalue weighted by molar-refractivity contribution is 0.447. The van der Waals surface area contributed by atoms with Crippen molar-refractivity contribution in [3.8, 4) is 11.9 Å². The van der Waals surface area contributed by atoms with Crippen LogP contribution in [-0.4, -0.2) is 21.3 Å². The van der Waals surface area contributed by atoms with E-state index in [1.807, 2.05) is 4.98 Å². The number of aryl methyl sites for hydroxylation is 1. The molecule has 7 nitrogen and oxygen atoms in total. The van der Waals surface area contributed by atoms with Crippen LogP contribution in [0.5, 0.6) is 5.88 Å². The Bertz CT molecular complexity index is 914. The number of aromatic amines is 2. The summed E-state index contributed by atoms with van der Waals surface area (Å²) < 4.78 is 0. The van der Waals surface area contributed by atoms with Gasteiger partial charge in [-0.1, -0.05) is 0 Å². The summed E-state index contributed by atoms with van der Waals surface area (Å²) in [5.41, 5.74) is -0.0783. The summed E-state index contributed by atoms with van der Waals surface area (Å²) in [6.07, 6.45) is 5.13. The second kappa shape index (κ2) is 5.61. The molecule has 0 amide bonds. The van der Waals surface area contributed by atoms with Crippen LogP contribution in [0.15, 0.2) is 14.6 Å². The van der Waals surface area contributed by atoms with Gasteiger partial charge in [0.2, 0.25) is 5.88 Å². The number of hydrogen-bond acceptors (Lipinski definition) is 6. The minimum absolute atomic E-state index is 0.144. The van der Waals surface area contributed by atoms with Crippen LogP contribution in [0, 0.1) is 11.3 Å². The molecular weight excluding hydrogens is 304 g/mol. The molecule has 0 unspecified atom stereocenters. The third-order valence-electron chi connectivity index (χ3n) is 3.53. The van der Waals surface area contributed by atoms with Crippen LogP contribution in [-0.2, 0) is 12.8 Å². The summed E-state index contributed by atoms with van der Waals surface area (Å²) in [5, 5.41) is 19.5. The average Bonchev–Trinajstić information content (AvgIpc) is 2.83. The van der Waals surface area contributed by atoms with Gasteiger partial charge < -0.3 is 5.11 Å². The van der Waals surface area contributed by atoms with Crippen molar-refractivity contribution in [3.63, 3.8) is 0 Å². The van der Waals surface area contributed by atoms with E-state index in [-0.39, 0.29) is 5.56 Å². The maximum atomic E-state index is 11.6. The predicted octanol–water partition coefficient (Wildman–Crippen LogP) is 1.33. The van der Waals surface area contributed by atoms with E-state index < -0.39 is 17.1 Å². The second-order valence-corrected chi connectivity index (χ2v) is 6.02. The zero-order valence-corrected chi connectivity index (χ0v) is 12.3. The van der Waals surface area contributed by atoms with E-state index in [1.54, 1.807) is 0 Å². The first kappa shape index (κ1) is 14.3. The van der Waals surface area contributed by atoms with Crippen LogP contribution in [0.2, 0.25) is 0 Å². The molecule has 2 heterocycles. The molecule has 0 radical (unpaired) electrons. The fraction of sp³-hybridized carbons (Fsp3) is 0.286. The van der Waals surface area contributed by atoms with Crippen molar-refractivity contribution < 1.29 is 5.11 Å². The van der Waals surface area contributed by atoms with E-state index >= 15 is 0 Å². The number of aromatic nitrogens is 2. The summed E-state index contributed by atoms with van der Waals surface area (Å²) in [4.78, 5) is 32.1. The van der Waals surface area contributed by atoms with Crippen LogP contribution < -0.4 is 11.2 Å². The highest BCUT2D eigenvalue weighted by atomic mass is 32.1. The largest absolute Gasteiger partial charge is 0.494 e. The molecule has 1 aliphatic carbocycles. The first-order valence-electron chi connectivity index (χ1n) is 6.74. The number of fused-ring (bicyclic) bond motifs is 1. The van der Waals surface area contributed by atoms with Gasteiger partial charge in [0.1, 0.15) is 16.6 Å². The number of rotatable bonds is 2. The molecule has 1 aliphatic rings. The molecule has 112 valence electrons. The summed E-state index contributed by atoms with van der Waals surface area (Å²) >= 11 is 1.43. The maximum Gasteiger partial charge on any atom is 0.328 e. The van der Waals surface area contributed by atoms with Gasteiger partial charge in [0, 0.05) is 11.1 Å². The Morgan fingerprint density at radius 1 is 1.27 bits per heavy atom. The molecule has 0 spiro atoms. The number of aliphatic imine (C=N–C) groups is 1. The Morgan fingerprint density at radius 3 is 2.77 bits per heavy atom. The molecule has 0 fully saturated rings. The highest BCUT2D eigenvalue weighted by Gasteiger charge is 2.20. The Balaban J connectivity index is 2.04. The van der Waals surface area contributed by atoms with E-state index in [1.165, 1.54) is 17.6 Å². The fourth-order valence-electron chi connectivity index (χ4n) is 2.48. The molecule has 0 bridgehead atoms. The molecule has 3 rings (SSSR count). The van der Waals surface area contributed by atoms with Crippen LogP contribution in [0.1, 0.15) is 34.4 Å². The van der Waals surface area contributed by atoms with Crippen molar-refractivity contribution >= 4 is 22.6 Å². The standard InChI is InChI=1S/C14H12N4O3S/c15-5-8-7-3-1-2-4-10(7)22-13(8)16-6-9-11(19)17-14(21)18-12(9)20/h6H,1-4H2,(H3,17,18,19,20,21)/b16-6+. The van der Waals surface area contributed by atoms with Gasteiger partial charge in [0.15, 0.2) is 0 Å². The summed E-state index contributed by atoms with van der Waals surface area (Å²) in [6, 6.07) is 2.17. The van der Waals surface area contributed by atoms with E-state index in [2.05, 4.69) is 16.0 Å². The summed E-state index contributed by atoms with van der Waals surface area (Å²) in [7, 11) is 0. The molecule has 2 aromatic heterocycles. The Morgan fingerprint density at radius 2 is 2.05 bits per heavy atom. The number of hydrogen-bond donors (Lipinski definition) is 3. The van der Waals surface area contributed by atoms with Gasteiger partial charge in [-0.2, -0.15) is 5.26 Å². The lowest BCUT2D eigenvalue weighted by atomic mass is 9.96. The lowest BCUT2D eigenvalue weighted by Crippen LogP contribution is -2.24. The Kier molecular flexibility index (Phi) is 3.65. The normalized spacial score (nSPS) is 14.0. The highest BCUT2D eigenvalue weighted by molar-refractivity contribution is 7.16. The van der Waals surface area contributed by atoms with E-state index in [0.29, 0.717) is 10.6 Å². The van der Waals surface area contributed by atoms with Crippen molar-refractivity contribution in [1.82, 2.24) is 9.97 Å². The van der Waals surface area contributed by atoms with E-state index in [4.69, 9.17) is 0 Å². The van der Waals surface area contributed by atoms with Crippen molar-refractivity contribution in [2.45, 2.75) is 25.7 Å². The lowest BCUT2D eigenvalue weighted by Gasteiger charge is -2.09. The van der Waals surface area contributed by atoms with Gasteiger partial charge in [0.25, 0.3) is 5.56 Å². The molecule has 8 heteroatoms. The zero-order valence-electron chi connectivity index (χ0n) is 11.5. The summed E-state index contributed by atoms with van der Waals surface area (Å²) in [5.74, 6) is -0.544. The van der Waals surface area contributed by atoms with Crippen LogP contribution >= 0.6 is 11.3 Å². The highest BCUT2D eigenvalue weighted by Crippen LogP contribution is 2.39. The summed E-state index contributed by atoms with van der Waals surface area (Å²) in [6.45, 7) is 0. The fourth-order valence-corrected chi connectivity index (χ4v) is 3.67. The number of nitrogens with one attached hydrogen (secondary N) is 2. The topological polar surface area (TPSA) is 122 Å². The van der Waals surface area contributed by atoms with Gasteiger partial charge >= 0.3 is 5.69 Å². The van der Waals surface area contributed by atoms with Crippen LogP contribution in [0.3, 0.4) is 0 Å². The van der Waals surface area contributed by atoms with Gasteiger partial charge in [0.05, 0.1) is 5.56 Å². The minimum atomic E-state index is -0.788.